The number of carbonyl (C=O) groups excluding carboxylic acids is 2. The Hall–Kier alpha value is -2.66. The van der Waals surface area contributed by atoms with Crippen molar-refractivity contribution in [2.75, 3.05) is 11.9 Å². The summed E-state index contributed by atoms with van der Waals surface area (Å²) in [4.78, 5) is 28.8. The maximum Gasteiger partial charge on any atom is 0.237 e. The molecule has 0 aliphatic heterocycles. The normalized spacial score (nSPS) is 12.3. The lowest BCUT2D eigenvalue weighted by molar-refractivity contribution is -0.136. The Balaban J connectivity index is 2.31. The number of benzene rings is 2. The van der Waals surface area contributed by atoms with Crippen LogP contribution >= 0.6 is 0 Å². The van der Waals surface area contributed by atoms with Gasteiger partial charge in [-0.1, -0.05) is 42.5 Å². The maximum absolute atomic E-state index is 13.2. The molecule has 0 saturated carbocycles. The predicted molar refractivity (Wildman–Crippen MR) is 123 cm³/mol. The van der Waals surface area contributed by atoms with Crippen molar-refractivity contribution in [3.05, 3.63) is 65.7 Å². The molecule has 162 valence electrons. The van der Waals surface area contributed by atoms with Crippen molar-refractivity contribution in [3.63, 3.8) is 0 Å². The topological polar surface area (TPSA) is 52.7 Å². The number of rotatable bonds is 9. The fourth-order valence-electron chi connectivity index (χ4n) is 3.87. The molecule has 30 heavy (non-hydrogen) atoms. The zero-order valence-electron chi connectivity index (χ0n) is 19.1. The summed E-state index contributed by atoms with van der Waals surface area (Å²) in [6.45, 7) is 12.8. The average Bonchev–Trinajstić information content (AvgIpc) is 2.66. The average molecular weight is 410 g/mol. The molecule has 2 amide bonds. The third kappa shape index (κ3) is 6.70. The van der Waals surface area contributed by atoms with Gasteiger partial charge in [0, 0.05) is 37.3 Å². The van der Waals surface area contributed by atoms with Crippen molar-refractivity contribution in [2.45, 2.75) is 66.2 Å². The molecule has 0 aliphatic rings. The van der Waals surface area contributed by atoms with Gasteiger partial charge < -0.3 is 10.2 Å². The molecule has 0 aromatic heterocycles. The third-order valence-corrected chi connectivity index (χ3v) is 5.20. The first-order chi connectivity index (χ1) is 14.2. The maximum atomic E-state index is 13.2. The first-order valence-electron chi connectivity index (χ1n) is 10.7. The lowest BCUT2D eigenvalue weighted by Crippen LogP contribution is -2.47. The molecule has 0 fully saturated rings. The summed E-state index contributed by atoms with van der Waals surface area (Å²) in [6.07, 6.45) is 0. The summed E-state index contributed by atoms with van der Waals surface area (Å²) in [5.74, 6) is 0.0291. The molecule has 0 saturated heterocycles. The molecular formula is C25H35N3O2. The van der Waals surface area contributed by atoms with Gasteiger partial charge in [0.25, 0.3) is 0 Å². The Labute approximate surface area is 181 Å². The molecular weight excluding hydrogens is 374 g/mol. The number of anilines is 1. The fraction of sp³-hybridized carbons (Fsp3) is 0.440. The molecule has 0 heterocycles. The van der Waals surface area contributed by atoms with Crippen LogP contribution in [0.1, 0.15) is 58.7 Å². The second-order valence-electron chi connectivity index (χ2n) is 8.36. The lowest BCUT2D eigenvalue weighted by atomic mass is 10.0. The molecule has 1 N–H and O–H groups in total. The minimum atomic E-state index is -0.0966. The van der Waals surface area contributed by atoms with Gasteiger partial charge in [0.1, 0.15) is 0 Å². The third-order valence-electron chi connectivity index (χ3n) is 5.20. The predicted octanol–water partition coefficient (Wildman–Crippen LogP) is 4.85. The Morgan fingerprint density at radius 2 is 1.53 bits per heavy atom. The van der Waals surface area contributed by atoms with Gasteiger partial charge in [-0.25, -0.2) is 0 Å². The quantitative estimate of drug-likeness (QED) is 0.644. The monoisotopic (exact) mass is 409 g/mol. The highest BCUT2D eigenvalue weighted by atomic mass is 16.2. The second kappa shape index (κ2) is 10.9. The molecule has 0 aliphatic carbocycles. The van der Waals surface area contributed by atoms with Crippen molar-refractivity contribution < 1.29 is 9.59 Å². The van der Waals surface area contributed by atoms with Gasteiger partial charge in [0.2, 0.25) is 11.8 Å². The van der Waals surface area contributed by atoms with Crippen molar-refractivity contribution >= 4 is 17.5 Å². The van der Waals surface area contributed by atoms with Crippen LogP contribution in [0.15, 0.2) is 54.6 Å². The largest absolute Gasteiger partial charge is 0.337 e. The number of nitrogens with one attached hydrogen (secondary N) is 1. The zero-order chi connectivity index (χ0) is 22.3. The van der Waals surface area contributed by atoms with Gasteiger partial charge in [-0.05, 0) is 57.9 Å². The molecule has 0 bridgehead atoms. The van der Waals surface area contributed by atoms with E-state index >= 15 is 0 Å². The van der Waals surface area contributed by atoms with Crippen LogP contribution in [-0.2, 0) is 16.1 Å². The zero-order valence-corrected chi connectivity index (χ0v) is 19.1. The van der Waals surface area contributed by atoms with Crippen LogP contribution in [0.4, 0.5) is 5.69 Å². The molecule has 2 aromatic rings. The van der Waals surface area contributed by atoms with E-state index in [0.717, 1.165) is 16.8 Å². The molecule has 0 unspecified atom stereocenters. The molecule has 2 aromatic carbocycles. The lowest BCUT2D eigenvalue weighted by Gasteiger charge is -2.35. The summed E-state index contributed by atoms with van der Waals surface area (Å²) >= 11 is 0. The molecule has 1 atom stereocenters. The van der Waals surface area contributed by atoms with E-state index in [9.17, 15) is 9.59 Å². The van der Waals surface area contributed by atoms with E-state index in [1.165, 1.54) is 6.92 Å². The van der Waals surface area contributed by atoms with Crippen LogP contribution in [-0.4, -0.2) is 40.2 Å². The van der Waals surface area contributed by atoms with E-state index in [2.05, 4.69) is 57.0 Å². The van der Waals surface area contributed by atoms with E-state index in [0.29, 0.717) is 13.1 Å². The highest BCUT2D eigenvalue weighted by Crippen LogP contribution is 2.25. The van der Waals surface area contributed by atoms with Crippen LogP contribution < -0.4 is 5.32 Å². The number of hydrogen-bond acceptors (Lipinski definition) is 3. The summed E-state index contributed by atoms with van der Waals surface area (Å²) in [7, 11) is 0. The van der Waals surface area contributed by atoms with Crippen LogP contribution in [0.2, 0.25) is 0 Å². The summed E-state index contributed by atoms with van der Waals surface area (Å²) in [5, 5.41) is 2.84. The Bertz CT molecular complexity index is 825. The van der Waals surface area contributed by atoms with Crippen molar-refractivity contribution in [1.29, 1.82) is 0 Å². The number of amides is 2. The van der Waals surface area contributed by atoms with E-state index < -0.39 is 0 Å². The highest BCUT2D eigenvalue weighted by molar-refractivity contribution is 5.88. The van der Waals surface area contributed by atoms with E-state index in [-0.39, 0.29) is 29.9 Å². The van der Waals surface area contributed by atoms with Crippen molar-refractivity contribution in [2.24, 2.45) is 0 Å². The number of hydrogen-bond donors (Lipinski definition) is 1. The Morgan fingerprint density at radius 3 is 2.10 bits per heavy atom. The van der Waals surface area contributed by atoms with Crippen molar-refractivity contribution in [3.8, 4) is 0 Å². The van der Waals surface area contributed by atoms with Gasteiger partial charge in [-0.2, -0.15) is 0 Å². The molecule has 5 heteroatoms. The van der Waals surface area contributed by atoms with Crippen molar-refractivity contribution in [1.82, 2.24) is 9.80 Å². The van der Waals surface area contributed by atoms with Gasteiger partial charge >= 0.3 is 0 Å². The van der Waals surface area contributed by atoms with Crippen LogP contribution in [0.5, 0.6) is 0 Å². The van der Waals surface area contributed by atoms with Crippen LogP contribution in [0.3, 0.4) is 0 Å². The Morgan fingerprint density at radius 1 is 0.900 bits per heavy atom. The highest BCUT2D eigenvalue weighted by Gasteiger charge is 2.25. The SMILES string of the molecule is CC(=O)Nc1cccc([C@@H](C)N(CC(=O)N(C(C)C)C(C)C)Cc2ccccc2)c1. The van der Waals surface area contributed by atoms with Crippen LogP contribution in [0.25, 0.3) is 0 Å². The number of carbonyl (C=O) groups is 2. The number of nitrogens with zero attached hydrogens (tertiary/aromatic N) is 2. The minimum Gasteiger partial charge on any atom is -0.337 e. The Kier molecular flexibility index (Phi) is 8.60. The van der Waals surface area contributed by atoms with Gasteiger partial charge in [-0.15, -0.1) is 0 Å². The van der Waals surface area contributed by atoms with Crippen LogP contribution in [0, 0.1) is 0 Å². The second-order valence-corrected chi connectivity index (χ2v) is 8.36. The molecule has 2 rings (SSSR count). The summed E-state index contributed by atoms with van der Waals surface area (Å²) in [6, 6.07) is 18.3. The van der Waals surface area contributed by atoms with Gasteiger partial charge in [0.05, 0.1) is 6.54 Å². The van der Waals surface area contributed by atoms with Gasteiger partial charge in [0.15, 0.2) is 0 Å². The van der Waals surface area contributed by atoms with E-state index in [4.69, 9.17) is 0 Å². The molecule has 0 radical (unpaired) electrons. The first kappa shape index (κ1) is 23.6. The standard InChI is InChI=1S/C25H35N3O2/c1-18(2)28(19(3)4)25(30)17-27(16-22-11-8-7-9-12-22)20(5)23-13-10-14-24(15-23)26-21(6)29/h7-15,18-20H,16-17H2,1-6H3,(H,26,29)/t20-/m1/s1. The fourth-order valence-corrected chi connectivity index (χ4v) is 3.87. The minimum absolute atomic E-state index is 0.00374. The summed E-state index contributed by atoms with van der Waals surface area (Å²) in [5.41, 5.74) is 2.99. The van der Waals surface area contributed by atoms with E-state index in [1.54, 1.807) is 0 Å². The first-order valence-corrected chi connectivity index (χ1v) is 10.7. The molecule has 0 spiro atoms. The van der Waals surface area contributed by atoms with E-state index in [1.807, 2.05) is 47.4 Å². The van der Waals surface area contributed by atoms with Gasteiger partial charge in [-0.3, -0.25) is 14.5 Å². The summed E-state index contributed by atoms with van der Waals surface area (Å²) < 4.78 is 0. The molecule has 5 nitrogen and oxygen atoms in total. The smallest absolute Gasteiger partial charge is 0.237 e.